The van der Waals surface area contributed by atoms with Gasteiger partial charge in [-0.2, -0.15) is 0 Å². The van der Waals surface area contributed by atoms with Crippen molar-refractivity contribution in [3.05, 3.63) is 65.7 Å². The molecule has 0 fully saturated rings. The minimum absolute atomic E-state index is 0.252. The van der Waals surface area contributed by atoms with E-state index < -0.39 is 0 Å². The van der Waals surface area contributed by atoms with Gasteiger partial charge in [-0.15, -0.1) is 0 Å². The molecular formula is C17H21N3O. The third-order valence-electron chi connectivity index (χ3n) is 3.30. The molecular weight excluding hydrogens is 262 g/mol. The van der Waals surface area contributed by atoms with Crippen molar-refractivity contribution in [2.24, 2.45) is 5.73 Å². The molecule has 0 saturated heterocycles. The lowest BCUT2D eigenvalue weighted by Crippen LogP contribution is -2.34. The van der Waals surface area contributed by atoms with E-state index in [1.807, 2.05) is 47.4 Å². The summed E-state index contributed by atoms with van der Waals surface area (Å²) >= 11 is 0. The third-order valence-corrected chi connectivity index (χ3v) is 3.30. The Labute approximate surface area is 125 Å². The SMILES string of the molecule is NC(=O)CN(CCc1ccccc1)Cc1cccc(N)c1. The lowest BCUT2D eigenvalue weighted by Gasteiger charge is -2.21. The number of nitrogens with zero attached hydrogens (tertiary/aromatic N) is 1. The van der Waals surface area contributed by atoms with Crippen LogP contribution < -0.4 is 11.5 Å². The van der Waals surface area contributed by atoms with Gasteiger partial charge >= 0.3 is 0 Å². The molecule has 0 spiro atoms. The number of benzene rings is 2. The first-order valence-corrected chi connectivity index (χ1v) is 7.02. The van der Waals surface area contributed by atoms with Gasteiger partial charge in [0, 0.05) is 18.8 Å². The molecule has 2 aromatic rings. The number of carbonyl (C=O) groups excluding carboxylic acids is 1. The first kappa shape index (κ1) is 15.1. The Morgan fingerprint density at radius 2 is 1.71 bits per heavy atom. The zero-order valence-corrected chi connectivity index (χ0v) is 12.0. The van der Waals surface area contributed by atoms with Crippen LogP contribution in [0.5, 0.6) is 0 Å². The number of hydrogen-bond donors (Lipinski definition) is 2. The summed E-state index contributed by atoms with van der Waals surface area (Å²) in [5.74, 6) is -0.313. The number of nitrogen functional groups attached to an aromatic ring is 1. The molecule has 0 unspecified atom stereocenters. The van der Waals surface area contributed by atoms with Gasteiger partial charge in [-0.3, -0.25) is 9.69 Å². The molecule has 0 heterocycles. The van der Waals surface area contributed by atoms with Crippen molar-refractivity contribution in [3.63, 3.8) is 0 Å². The Hall–Kier alpha value is -2.33. The van der Waals surface area contributed by atoms with Crippen molar-refractivity contribution in [3.8, 4) is 0 Å². The van der Waals surface area contributed by atoms with Gasteiger partial charge in [0.1, 0.15) is 0 Å². The molecule has 4 heteroatoms. The Bertz CT molecular complexity index is 584. The van der Waals surface area contributed by atoms with E-state index in [2.05, 4.69) is 12.1 Å². The van der Waals surface area contributed by atoms with E-state index in [-0.39, 0.29) is 12.5 Å². The monoisotopic (exact) mass is 283 g/mol. The molecule has 0 aliphatic heterocycles. The van der Waals surface area contributed by atoms with Crippen LogP contribution in [0.25, 0.3) is 0 Å². The highest BCUT2D eigenvalue weighted by molar-refractivity contribution is 5.75. The number of carbonyl (C=O) groups is 1. The number of primary amides is 1. The highest BCUT2D eigenvalue weighted by Gasteiger charge is 2.09. The standard InChI is InChI=1S/C17H21N3O/c18-16-8-4-7-15(11-16)12-20(13-17(19)21)10-9-14-5-2-1-3-6-14/h1-8,11H,9-10,12-13,18H2,(H2,19,21). The molecule has 110 valence electrons. The van der Waals surface area contributed by atoms with E-state index in [9.17, 15) is 4.79 Å². The molecule has 0 radical (unpaired) electrons. The number of rotatable bonds is 7. The second-order valence-corrected chi connectivity index (χ2v) is 5.16. The van der Waals surface area contributed by atoms with Crippen LogP contribution in [0.15, 0.2) is 54.6 Å². The maximum absolute atomic E-state index is 11.2. The molecule has 2 rings (SSSR count). The van der Waals surface area contributed by atoms with Crippen molar-refractivity contribution in [1.82, 2.24) is 4.90 Å². The van der Waals surface area contributed by atoms with Gasteiger partial charge in [-0.1, -0.05) is 42.5 Å². The summed E-state index contributed by atoms with van der Waals surface area (Å²) in [6.07, 6.45) is 0.885. The zero-order chi connectivity index (χ0) is 15.1. The van der Waals surface area contributed by atoms with E-state index in [1.54, 1.807) is 0 Å². The maximum Gasteiger partial charge on any atom is 0.231 e. The molecule has 4 N–H and O–H groups in total. The van der Waals surface area contributed by atoms with Crippen LogP contribution in [0.4, 0.5) is 5.69 Å². The Morgan fingerprint density at radius 1 is 1.00 bits per heavy atom. The van der Waals surface area contributed by atoms with Crippen molar-refractivity contribution < 1.29 is 4.79 Å². The second kappa shape index (κ2) is 7.45. The van der Waals surface area contributed by atoms with Crippen LogP contribution in [0.1, 0.15) is 11.1 Å². The molecule has 4 nitrogen and oxygen atoms in total. The molecule has 0 bridgehead atoms. The Kier molecular flexibility index (Phi) is 5.35. The van der Waals surface area contributed by atoms with E-state index in [4.69, 9.17) is 11.5 Å². The van der Waals surface area contributed by atoms with E-state index in [1.165, 1.54) is 5.56 Å². The minimum Gasteiger partial charge on any atom is -0.399 e. The average Bonchev–Trinajstić information content (AvgIpc) is 2.45. The fourth-order valence-corrected chi connectivity index (χ4v) is 2.32. The largest absolute Gasteiger partial charge is 0.399 e. The maximum atomic E-state index is 11.2. The molecule has 0 atom stereocenters. The van der Waals surface area contributed by atoms with Gasteiger partial charge < -0.3 is 11.5 Å². The summed E-state index contributed by atoms with van der Waals surface area (Å²) in [6.45, 7) is 1.70. The van der Waals surface area contributed by atoms with E-state index >= 15 is 0 Å². The first-order chi connectivity index (χ1) is 10.1. The van der Waals surface area contributed by atoms with E-state index in [0.29, 0.717) is 6.54 Å². The average molecular weight is 283 g/mol. The fraction of sp³-hybridized carbons (Fsp3) is 0.235. The highest BCUT2D eigenvalue weighted by Crippen LogP contribution is 2.10. The van der Waals surface area contributed by atoms with Gasteiger partial charge in [0.15, 0.2) is 0 Å². The van der Waals surface area contributed by atoms with Gasteiger partial charge in [0.05, 0.1) is 6.54 Å². The van der Waals surface area contributed by atoms with Crippen LogP contribution >= 0.6 is 0 Å². The van der Waals surface area contributed by atoms with E-state index in [0.717, 1.165) is 24.2 Å². The topological polar surface area (TPSA) is 72.4 Å². The summed E-state index contributed by atoms with van der Waals surface area (Å²) in [7, 11) is 0. The molecule has 21 heavy (non-hydrogen) atoms. The zero-order valence-electron chi connectivity index (χ0n) is 12.0. The summed E-state index contributed by atoms with van der Waals surface area (Å²) in [4.78, 5) is 13.3. The summed E-state index contributed by atoms with van der Waals surface area (Å²) in [5, 5.41) is 0. The first-order valence-electron chi connectivity index (χ1n) is 7.02. The summed E-state index contributed by atoms with van der Waals surface area (Å²) in [5.41, 5.74) is 14.2. The predicted octanol–water partition coefficient (Wildman–Crippen LogP) is 1.80. The third kappa shape index (κ3) is 5.28. The Morgan fingerprint density at radius 3 is 2.38 bits per heavy atom. The van der Waals surface area contributed by atoms with Gasteiger partial charge in [-0.25, -0.2) is 0 Å². The second-order valence-electron chi connectivity index (χ2n) is 5.16. The van der Waals surface area contributed by atoms with Crippen LogP contribution in [0.2, 0.25) is 0 Å². The molecule has 0 aliphatic carbocycles. The van der Waals surface area contributed by atoms with Crippen molar-refractivity contribution in [2.45, 2.75) is 13.0 Å². The number of amides is 1. The molecule has 0 saturated carbocycles. The highest BCUT2D eigenvalue weighted by atomic mass is 16.1. The van der Waals surface area contributed by atoms with Crippen LogP contribution in [0.3, 0.4) is 0 Å². The summed E-state index contributed by atoms with van der Waals surface area (Å²) in [6, 6.07) is 17.9. The number of hydrogen-bond acceptors (Lipinski definition) is 3. The van der Waals surface area contributed by atoms with Crippen LogP contribution in [0, 0.1) is 0 Å². The van der Waals surface area contributed by atoms with Crippen molar-refractivity contribution >= 4 is 11.6 Å². The lowest BCUT2D eigenvalue weighted by atomic mass is 10.1. The minimum atomic E-state index is -0.313. The Balaban J connectivity index is 1.99. The molecule has 0 aromatic heterocycles. The smallest absolute Gasteiger partial charge is 0.231 e. The number of anilines is 1. The summed E-state index contributed by atoms with van der Waals surface area (Å²) < 4.78 is 0. The lowest BCUT2D eigenvalue weighted by molar-refractivity contribution is -0.119. The molecule has 1 amide bonds. The van der Waals surface area contributed by atoms with Crippen molar-refractivity contribution in [1.29, 1.82) is 0 Å². The van der Waals surface area contributed by atoms with Crippen LogP contribution in [-0.4, -0.2) is 23.9 Å². The number of nitrogens with two attached hydrogens (primary N) is 2. The predicted molar refractivity (Wildman–Crippen MR) is 85.5 cm³/mol. The molecule has 2 aromatic carbocycles. The van der Waals surface area contributed by atoms with Gasteiger partial charge in [-0.05, 0) is 29.7 Å². The van der Waals surface area contributed by atoms with Gasteiger partial charge in [0.25, 0.3) is 0 Å². The van der Waals surface area contributed by atoms with Crippen molar-refractivity contribution in [2.75, 3.05) is 18.8 Å². The quantitative estimate of drug-likeness (QED) is 0.761. The normalized spacial score (nSPS) is 10.7. The van der Waals surface area contributed by atoms with Gasteiger partial charge in [0.2, 0.25) is 5.91 Å². The fourth-order valence-electron chi connectivity index (χ4n) is 2.32. The van der Waals surface area contributed by atoms with Crippen LogP contribution in [-0.2, 0) is 17.8 Å². The molecule has 0 aliphatic rings.